The van der Waals surface area contributed by atoms with Crippen molar-refractivity contribution in [1.82, 2.24) is 0 Å². The highest BCUT2D eigenvalue weighted by Gasteiger charge is 2.69. The van der Waals surface area contributed by atoms with Crippen molar-refractivity contribution in [3.8, 4) is 0 Å². The Hall–Kier alpha value is -2.67. The minimum atomic E-state index is -1.42. The van der Waals surface area contributed by atoms with Gasteiger partial charge in [-0.05, 0) is 81.4 Å². The van der Waals surface area contributed by atoms with Crippen molar-refractivity contribution < 1.29 is 33.8 Å². The second-order valence-electron chi connectivity index (χ2n) is 10.5. The van der Waals surface area contributed by atoms with Crippen LogP contribution in [0.15, 0.2) is 46.3 Å². The summed E-state index contributed by atoms with van der Waals surface area (Å²) in [5.74, 6) is -0.771. The molecule has 2 N–H and O–H groups in total. The number of rotatable bonds is 4. The Balaban J connectivity index is 1.51. The lowest BCUT2D eigenvalue weighted by atomic mass is 9.46. The lowest BCUT2D eigenvalue weighted by Crippen LogP contribution is -2.60. The van der Waals surface area contributed by atoms with Crippen molar-refractivity contribution in [1.29, 1.82) is 0 Å². The van der Waals surface area contributed by atoms with Crippen molar-refractivity contribution in [3.63, 3.8) is 0 Å². The maximum absolute atomic E-state index is 13.2. The van der Waals surface area contributed by atoms with E-state index in [0.29, 0.717) is 25.7 Å². The summed E-state index contributed by atoms with van der Waals surface area (Å²) in [6.45, 7) is 3.34. The number of carbonyl (C=O) groups excluding carboxylic acids is 3. The summed E-state index contributed by atoms with van der Waals surface area (Å²) < 4.78 is 11.2. The molecule has 0 bridgehead atoms. The van der Waals surface area contributed by atoms with Gasteiger partial charge in [0.25, 0.3) is 0 Å². The van der Waals surface area contributed by atoms with Gasteiger partial charge in [0.05, 0.1) is 6.26 Å². The van der Waals surface area contributed by atoms with Crippen molar-refractivity contribution in [3.05, 3.63) is 47.6 Å². The largest absolute Gasteiger partial charge is 0.511 e. The average Bonchev–Trinajstić information content (AvgIpc) is 3.42. The fourth-order valence-electron chi connectivity index (χ4n) is 7.71. The van der Waals surface area contributed by atoms with E-state index < -0.39 is 34.8 Å². The highest BCUT2D eigenvalue weighted by Crippen LogP contribution is 2.68. The SMILES string of the molecule is C[C@]12C(O)=CC(=O)C=C1CC[C@@H]1[C@@H]2CC[C@@]2(C)[C@H]1CC[C@]2(OC(=O)c1ccco1)C(=O)CO. The molecule has 7 heteroatoms. The number of aliphatic hydroxyl groups is 2. The van der Waals surface area contributed by atoms with E-state index in [1.54, 1.807) is 12.1 Å². The first-order chi connectivity index (χ1) is 15.7. The quantitative estimate of drug-likeness (QED) is 0.663. The third-order valence-corrected chi connectivity index (χ3v) is 9.42. The Labute approximate surface area is 192 Å². The molecule has 1 aromatic heterocycles. The minimum Gasteiger partial charge on any atom is -0.511 e. The van der Waals surface area contributed by atoms with Gasteiger partial charge in [0.2, 0.25) is 11.5 Å². The smallest absolute Gasteiger partial charge is 0.375 e. The number of ether oxygens (including phenoxy) is 1. The van der Waals surface area contributed by atoms with Gasteiger partial charge in [0, 0.05) is 16.9 Å². The van der Waals surface area contributed by atoms with E-state index in [1.807, 2.05) is 13.8 Å². The normalized spacial score (nSPS) is 39.6. The molecule has 0 amide bonds. The third-order valence-electron chi connectivity index (χ3n) is 9.42. The monoisotopic (exact) mass is 454 g/mol. The summed E-state index contributed by atoms with van der Waals surface area (Å²) in [6, 6.07) is 3.09. The molecule has 1 heterocycles. The van der Waals surface area contributed by atoms with Gasteiger partial charge in [0.15, 0.2) is 11.4 Å². The zero-order valence-electron chi connectivity index (χ0n) is 19.0. The lowest BCUT2D eigenvalue weighted by Gasteiger charge is -2.58. The molecule has 1 aromatic rings. The Morgan fingerprint density at radius 1 is 1.15 bits per heavy atom. The highest BCUT2D eigenvalue weighted by atomic mass is 16.6. The number of fused-ring (bicyclic) bond motifs is 5. The number of esters is 1. The van der Waals surface area contributed by atoms with Gasteiger partial charge in [-0.3, -0.25) is 9.59 Å². The second-order valence-corrected chi connectivity index (χ2v) is 10.5. The van der Waals surface area contributed by atoms with Crippen LogP contribution in [-0.4, -0.2) is 40.0 Å². The molecular formula is C26H30O7. The van der Waals surface area contributed by atoms with Crippen molar-refractivity contribution >= 4 is 17.5 Å². The van der Waals surface area contributed by atoms with Gasteiger partial charge >= 0.3 is 5.97 Å². The van der Waals surface area contributed by atoms with Gasteiger partial charge in [-0.1, -0.05) is 12.5 Å². The van der Waals surface area contributed by atoms with Gasteiger partial charge in [0.1, 0.15) is 12.4 Å². The molecule has 6 atom stereocenters. The number of aliphatic hydroxyl groups excluding tert-OH is 2. The predicted molar refractivity (Wildman–Crippen MR) is 117 cm³/mol. The Kier molecular flexibility index (Phi) is 4.98. The molecule has 176 valence electrons. The van der Waals surface area contributed by atoms with Crippen molar-refractivity contribution in [2.45, 2.75) is 58.0 Å². The van der Waals surface area contributed by atoms with E-state index >= 15 is 0 Å². The van der Waals surface area contributed by atoms with E-state index in [9.17, 15) is 24.6 Å². The summed E-state index contributed by atoms with van der Waals surface area (Å²) in [5, 5.41) is 20.7. The van der Waals surface area contributed by atoms with Crippen LogP contribution in [0.3, 0.4) is 0 Å². The molecule has 0 aliphatic heterocycles. The molecule has 4 aliphatic carbocycles. The Morgan fingerprint density at radius 2 is 1.91 bits per heavy atom. The standard InChI is InChI=1S/C26H30O7/c1-24-9-7-19-17(6-5-15-12-16(28)13-21(29)25(15,19)2)18(24)8-10-26(24,22(30)14-27)33-23(31)20-4-3-11-32-20/h3-4,11-13,17-19,27,29H,5-10,14H2,1-2H3/t17-,18-,19-,24-,25-,26-/m0/s1. The van der Waals surface area contributed by atoms with E-state index in [1.165, 1.54) is 18.4 Å². The summed E-state index contributed by atoms with van der Waals surface area (Å²) in [7, 11) is 0. The highest BCUT2D eigenvalue weighted by molar-refractivity contribution is 6.01. The molecule has 33 heavy (non-hydrogen) atoms. The van der Waals surface area contributed by atoms with Crippen LogP contribution in [0.1, 0.15) is 62.9 Å². The molecule has 4 aliphatic rings. The van der Waals surface area contributed by atoms with Crippen LogP contribution < -0.4 is 0 Å². The second kappa shape index (κ2) is 7.42. The predicted octanol–water partition coefficient (Wildman–Crippen LogP) is 3.93. The first kappa shape index (κ1) is 22.1. The van der Waals surface area contributed by atoms with Crippen LogP contribution in [0.2, 0.25) is 0 Å². The molecule has 0 unspecified atom stereocenters. The third kappa shape index (κ3) is 2.87. The lowest BCUT2D eigenvalue weighted by molar-refractivity contribution is -0.166. The Bertz CT molecular complexity index is 1070. The van der Waals surface area contributed by atoms with Gasteiger partial charge in [-0.25, -0.2) is 4.79 Å². The zero-order chi connectivity index (χ0) is 23.6. The van der Waals surface area contributed by atoms with E-state index in [0.717, 1.165) is 18.4 Å². The molecule has 0 radical (unpaired) electrons. The number of furan rings is 1. The van der Waals surface area contributed by atoms with Crippen LogP contribution in [0.25, 0.3) is 0 Å². The van der Waals surface area contributed by atoms with E-state index in [2.05, 4.69) is 0 Å². The molecule has 0 aromatic carbocycles. The summed E-state index contributed by atoms with van der Waals surface area (Å²) in [5.41, 5.74) is -1.66. The number of allylic oxidation sites excluding steroid dienone is 3. The van der Waals surface area contributed by atoms with Gasteiger partial charge in [-0.2, -0.15) is 0 Å². The summed E-state index contributed by atoms with van der Waals surface area (Å²) in [6.07, 6.45) is 8.31. The van der Waals surface area contributed by atoms with E-state index in [-0.39, 0.29) is 35.1 Å². The minimum absolute atomic E-state index is 0.0303. The topological polar surface area (TPSA) is 114 Å². The molecule has 7 nitrogen and oxygen atoms in total. The average molecular weight is 455 g/mol. The molecule has 3 saturated carbocycles. The first-order valence-corrected chi connectivity index (χ1v) is 11.7. The van der Waals surface area contributed by atoms with Gasteiger partial charge < -0.3 is 19.4 Å². The number of Topliss-reactive ketones (excluding diaryl/α,β-unsaturated/α-hetero) is 1. The van der Waals surface area contributed by atoms with Crippen molar-refractivity contribution in [2.24, 2.45) is 28.6 Å². The fourth-order valence-corrected chi connectivity index (χ4v) is 7.71. The molecule has 0 spiro atoms. The van der Waals surface area contributed by atoms with Crippen LogP contribution >= 0.6 is 0 Å². The molecule has 0 saturated heterocycles. The Morgan fingerprint density at radius 3 is 2.61 bits per heavy atom. The number of hydrogen-bond donors (Lipinski definition) is 2. The number of carbonyl (C=O) groups is 3. The van der Waals surface area contributed by atoms with Crippen LogP contribution in [0.4, 0.5) is 0 Å². The maximum Gasteiger partial charge on any atom is 0.375 e. The van der Waals surface area contributed by atoms with Gasteiger partial charge in [-0.15, -0.1) is 0 Å². The van der Waals surface area contributed by atoms with Crippen LogP contribution in [0, 0.1) is 28.6 Å². The zero-order valence-corrected chi connectivity index (χ0v) is 19.0. The van der Waals surface area contributed by atoms with E-state index in [4.69, 9.17) is 9.15 Å². The number of ketones is 2. The van der Waals surface area contributed by atoms with Crippen LogP contribution in [0.5, 0.6) is 0 Å². The fraction of sp³-hybridized carbons (Fsp3) is 0.577. The molecule has 3 fully saturated rings. The van der Waals surface area contributed by atoms with Crippen LogP contribution in [-0.2, 0) is 14.3 Å². The molecular weight excluding hydrogens is 424 g/mol. The summed E-state index contributed by atoms with van der Waals surface area (Å²) >= 11 is 0. The molecule has 5 rings (SSSR count). The maximum atomic E-state index is 13.2. The number of hydrogen-bond acceptors (Lipinski definition) is 7. The summed E-state index contributed by atoms with van der Waals surface area (Å²) in [4.78, 5) is 38.1. The first-order valence-electron chi connectivity index (χ1n) is 11.7. The van der Waals surface area contributed by atoms with Crippen molar-refractivity contribution in [2.75, 3.05) is 6.61 Å².